The third-order valence-electron chi connectivity index (χ3n) is 4.50. The van der Waals surface area contributed by atoms with Gasteiger partial charge in [0.2, 0.25) is 5.91 Å². The van der Waals surface area contributed by atoms with Crippen LogP contribution in [0.2, 0.25) is 0 Å². The molecule has 2 atom stereocenters. The highest BCUT2D eigenvalue weighted by Gasteiger charge is 2.30. The second kappa shape index (κ2) is 6.48. The van der Waals surface area contributed by atoms with E-state index in [1.54, 1.807) is 0 Å². The van der Waals surface area contributed by atoms with E-state index in [-0.39, 0.29) is 12.0 Å². The number of ether oxygens (including phenoxy) is 1. The van der Waals surface area contributed by atoms with Crippen LogP contribution in [0.5, 0.6) is 0 Å². The third kappa shape index (κ3) is 3.21. The lowest BCUT2D eigenvalue weighted by Crippen LogP contribution is -2.38. The van der Waals surface area contributed by atoms with Crippen LogP contribution in [0, 0.1) is 5.92 Å². The van der Waals surface area contributed by atoms with E-state index in [4.69, 9.17) is 4.74 Å². The molecule has 2 unspecified atom stereocenters. The van der Waals surface area contributed by atoms with Crippen LogP contribution in [-0.2, 0) is 22.4 Å². The van der Waals surface area contributed by atoms with E-state index >= 15 is 0 Å². The fraction of sp³-hybridized carbons (Fsp3) is 0.588. The molecular weight excluding hydrogens is 264 g/mol. The number of para-hydroxylation sites is 1. The largest absolute Gasteiger partial charge is 0.385 e. The average molecular weight is 288 g/mol. The number of anilines is 1. The second-order valence-corrected chi connectivity index (χ2v) is 6.08. The predicted molar refractivity (Wildman–Crippen MR) is 83.5 cm³/mol. The van der Waals surface area contributed by atoms with E-state index in [2.05, 4.69) is 35.8 Å². The molecule has 2 aliphatic rings. The third-order valence-corrected chi connectivity index (χ3v) is 4.50. The Bertz CT molecular complexity index is 516. The van der Waals surface area contributed by atoms with Gasteiger partial charge in [-0.1, -0.05) is 25.1 Å². The SMILES string of the molecule is CC1CCOC1C(=O)NCCc1cccc2c1NCCC2. The van der Waals surface area contributed by atoms with Gasteiger partial charge in [0.25, 0.3) is 0 Å². The van der Waals surface area contributed by atoms with Crippen LogP contribution in [0.15, 0.2) is 18.2 Å². The zero-order valence-corrected chi connectivity index (χ0v) is 12.7. The summed E-state index contributed by atoms with van der Waals surface area (Å²) in [5.41, 5.74) is 3.98. The Morgan fingerprint density at radius 2 is 2.38 bits per heavy atom. The van der Waals surface area contributed by atoms with Crippen LogP contribution in [0.1, 0.15) is 30.9 Å². The topological polar surface area (TPSA) is 50.4 Å². The van der Waals surface area contributed by atoms with Gasteiger partial charge in [-0.2, -0.15) is 0 Å². The Labute approximate surface area is 126 Å². The van der Waals surface area contributed by atoms with E-state index in [9.17, 15) is 4.79 Å². The molecule has 0 radical (unpaired) electrons. The molecule has 114 valence electrons. The lowest BCUT2D eigenvalue weighted by Gasteiger charge is -2.21. The first-order valence-electron chi connectivity index (χ1n) is 7.99. The van der Waals surface area contributed by atoms with E-state index in [0.29, 0.717) is 19.1 Å². The number of hydrogen-bond acceptors (Lipinski definition) is 3. The minimum absolute atomic E-state index is 0.0396. The molecule has 1 aromatic carbocycles. The molecule has 0 aromatic heterocycles. The molecular formula is C17H24N2O2. The Hall–Kier alpha value is -1.55. The quantitative estimate of drug-likeness (QED) is 0.892. The normalized spacial score (nSPS) is 24.2. The molecule has 4 heteroatoms. The number of fused-ring (bicyclic) bond motifs is 1. The number of nitrogens with one attached hydrogen (secondary N) is 2. The standard InChI is InChI=1S/C17H24N2O2/c1-12-8-11-21-16(12)17(20)19-10-7-14-5-2-4-13-6-3-9-18-15(13)14/h2,4-5,12,16,18H,3,6-11H2,1H3,(H,19,20). The first-order chi connectivity index (χ1) is 10.3. The average Bonchev–Trinajstić information content (AvgIpc) is 2.93. The van der Waals surface area contributed by atoms with E-state index in [1.165, 1.54) is 23.2 Å². The molecule has 1 aromatic rings. The second-order valence-electron chi connectivity index (χ2n) is 6.08. The first-order valence-corrected chi connectivity index (χ1v) is 7.99. The lowest BCUT2D eigenvalue weighted by atomic mass is 9.98. The molecule has 2 aliphatic heterocycles. The van der Waals surface area contributed by atoms with Crippen molar-refractivity contribution in [3.8, 4) is 0 Å². The Morgan fingerprint density at radius 3 is 3.19 bits per heavy atom. The summed E-state index contributed by atoms with van der Waals surface area (Å²) < 4.78 is 5.50. The van der Waals surface area contributed by atoms with E-state index < -0.39 is 0 Å². The van der Waals surface area contributed by atoms with Crippen LogP contribution in [0.4, 0.5) is 5.69 Å². The van der Waals surface area contributed by atoms with Crippen molar-refractivity contribution in [3.05, 3.63) is 29.3 Å². The highest BCUT2D eigenvalue weighted by molar-refractivity contribution is 5.81. The van der Waals surface area contributed by atoms with Crippen LogP contribution in [0.25, 0.3) is 0 Å². The van der Waals surface area contributed by atoms with E-state index in [1.807, 2.05) is 0 Å². The van der Waals surface area contributed by atoms with Crippen molar-refractivity contribution in [2.75, 3.05) is 25.0 Å². The van der Waals surface area contributed by atoms with Crippen LogP contribution in [-0.4, -0.2) is 31.7 Å². The Morgan fingerprint density at radius 1 is 1.48 bits per heavy atom. The summed E-state index contributed by atoms with van der Waals surface area (Å²) in [6.45, 7) is 4.50. The molecule has 1 amide bonds. The van der Waals surface area contributed by atoms with Crippen molar-refractivity contribution in [1.82, 2.24) is 5.32 Å². The van der Waals surface area contributed by atoms with Gasteiger partial charge in [-0.15, -0.1) is 0 Å². The molecule has 2 N–H and O–H groups in total. The number of carbonyl (C=O) groups excluding carboxylic acids is 1. The summed E-state index contributed by atoms with van der Waals surface area (Å²) in [4.78, 5) is 12.1. The van der Waals surface area contributed by atoms with Crippen molar-refractivity contribution >= 4 is 11.6 Å². The number of carbonyl (C=O) groups is 1. The monoisotopic (exact) mass is 288 g/mol. The first kappa shape index (κ1) is 14.4. The van der Waals surface area contributed by atoms with Gasteiger partial charge in [0, 0.05) is 25.4 Å². The minimum Gasteiger partial charge on any atom is -0.385 e. The Balaban J connectivity index is 1.55. The maximum absolute atomic E-state index is 12.1. The smallest absolute Gasteiger partial charge is 0.249 e. The number of rotatable bonds is 4. The van der Waals surface area contributed by atoms with Crippen molar-refractivity contribution in [3.63, 3.8) is 0 Å². The van der Waals surface area contributed by atoms with Crippen molar-refractivity contribution in [2.24, 2.45) is 5.92 Å². The molecule has 0 aliphatic carbocycles. The molecule has 0 bridgehead atoms. The fourth-order valence-corrected chi connectivity index (χ4v) is 3.24. The maximum atomic E-state index is 12.1. The molecule has 1 fully saturated rings. The molecule has 4 nitrogen and oxygen atoms in total. The van der Waals surface area contributed by atoms with Gasteiger partial charge >= 0.3 is 0 Å². The van der Waals surface area contributed by atoms with E-state index in [0.717, 1.165) is 25.8 Å². The molecule has 0 saturated carbocycles. The van der Waals surface area contributed by atoms with Gasteiger partial charge < -0.3 is 15.4 Å². The van der Waals surface area contributed by atoms with Gasteiger partial charge in [0.05, 0.1) is 0 Å². The summed E-state index contributed by atoms with van der Waals surface area (Å²) >= 11 is 0. The molecule has 3 rings (SSSR count). The summed E-state index contributed by atoms with van der Waals surface area (Å²) in [5.74, 6) is 0.369. The van der Waals surface area contributed by atoms with Crippen molar-refractivity contribution in [1.29, 1.82) is 0 Å². The number of aryl methyl sites for hydroxylation is 1. The van der Waals surface area contributed by atoms with Gasteiger partial charge in [-0.25, -0.2) is 0 Å². The highest BCUT2D eigenvalue weighted by Crippen LogP contribution is 2.26. The Kier molecular flexibility index (Phi) is 4.44. The van der Waals surface area contributed by atoms with Crippen molar-refractivity contribution < 1.29 is 9.53 Å². The van der Waals surface area contributed by atoms with Crippen LogP contribution >= 0.6 is 0 Å². The zero-order valence-electron chi connectivity index (χ0n) is 12.7. The number of amides is 1. The zero-order chi connectivity index (χ0) is 14.7. The van der Waals surface area contributed by atoms with Gasteiger partial charge in [-0.05, 0) is 42.7 Å². The summed E-state index contributed by atoms with van der Waals surface area (Å²) in [7, 11) is 0. The maximum Gasteiger partial charge on any atom is 0.249 e. The molecule has 0 spiro atoms. The van der Waals surface area contributed by atoms with Crippen LogP contribution < -0.4 is 10.6 Å². The lowest BCUT2D eigenvalue weighted by molar-refractivity contribution is -0.131. The molecule has 1 saturated heterocycles. The predicted octanol–water partition coefficient (Wildman–Crippen LogP) is 2.13. The molecule has 21 heavy (non-hydrogen) atoms. The van der Waals surface area contributed by atoms with Gasteiger partial charge in [-0.3, -0.25) is 4.79 Å². The highest BCUT2D eigenvalue weighted by atomic mass is 16.5. The van der Waals surface area contributed by atoms with Gasteiger partial charge in [0.1, 0.15) is 6.10 Å². The number of benzene rings is 1. The summed E-state index contributed by atoms with van der Waals surface area (Å²) in [5, 5.41) is 6.51. The summed E-state index contributed by atoms with van der Waals surface area (Å²) in [6, 6.07) is 6.46. The van der Waals surface area contributed by atoms with Crippen LogP contribution in [0.3, 0.4) is 0 Å². The van der Waals surface area contributed by atoms with Crippen molar-refractivity contribution in [2.45, 2.75) is 38.7 Å². The number of hydrogen-bond donors (Lipinski definition) is 2. The summed E-state index contributed by atoms with van der Waals surface area (Å²) in [6.07, 6.45) is 3.94. The fourth-order valence-electron chi connectivity index (χ4n) is 3.24. The minimum atomic E-state index is -0.257. The van der Waals surface area contributed by atoms with Gasteiger partial charge in [0.15, 0.2) is 0 Å². The molecule has 2 heterocycles.